The van der Waals surface area contributed by atoms with Crippen LogP contribution < -0.4 is 10.9 Å². The number of hydrogen-bond donors (Lipinski definition) is 2. The number of aromatic amines is 1. The molecule has 30 heavy (non-hydrogen) atoms. The van der Waals surface area contributed by atoms with E-state index in [1.54, 1.807) is 13.0 Å². The fourth-order valence-electron chi connectivity index (χ4n) is 4.26. The van der Waals surface area contributed by atoms with Crippen LogP contribution in [0, 0.1) is 26.2 Å². The van der Waals surface area contributed by atoms with Gasteiger partial charge in [0.15, 0.2) is 11.5 Å². The predicted molar refractivity (Wildman–Crippen MR) is 115 cm³/mol. The molecule has 1 aliphatic rings. The zero-order chi connectivity index (χ0) is 21.8. The van der Waals surface area contributed by atoms with Crippen molar-refractivity contribution in [2.45, 2.75) is 54.0 Å². The van der Waals surface area contributed by atoms with Crippen molar-refractivity contribution in [3.05, 3.63) is 67.9 Å². The van der Waals surface area contributed by atoms with Crippen LogP contribution >= 0.6 is 0 Å². The molecule has 0 saturated heterocycles. The quantitative estimate of drug-likeness (QED) is 0.684. The van der Waals surface area contributed by atoms with E-state index in [1.165, 1.54) is 0 Å². The molecule has 0 spiro atoms. The van der Waals surface area contributed by atoms with E-state index in [2.05, 4.69) is 10.3 Å². The number of hydrogen-bond acceptors (Lipinski definition) is 4. The van der Waals surface area contributed by atoms with Gasteiger partial charge in [-0.2, -0.15) is 0 Å². The molecule has 6 nitrogen and oxygen atoms in total. The Bertz CT molecular complexity index is 1260. The van der Waals surface area contributed by atoms with Crippen LogP contribution in [0.3, 0.4) is 0 Å². The summed E-state index contributed by atoms with van der Waals surface area (Å²) < 4.78 is 5.80. The average molecular weight is 406 g/mol. The van der Waals surface area contributed by atoms with Crippen molar-refractivity contribution in [1.82, 2.24) is 10.3 Å². The molecule has 156 valence electrons. The Morgan fingerprint density at radius 2 is 1.87 bits per heavy atom. The monoisotopic (exact) mass is 406 g/mol. The molecule has 0 unspecified atom stereocenters. The van der Waals surface area contributed by atoms with Gasteiger partial charge in [0.05, 0.1) is 11.1 Å². The molecular weight excluding hydrogens is 380 g/mol. The third-order valence-electron chi connectivity index (χ3n) is 6.05. The van der Waals surface area contributed by atoms with Crippen molar-refractivity contribution in [2.75, 3.05) is 0 Å². The van der Waals surface area contributed by atoms with E-state index >= 15 is 0 Å². The predicted octanol–water partition coefficient (Wildman–Crippen LogP) is 4.13. The van der Waals surface area contributed by atoms with E-state index in [9.17, 15) is 14.4 Å². The smallest absolute Gasteiger partial charge is 0.287 e. The van der Waals surface area contributed by atoms with E-state index in [0.29, 0.717) is 35.3 Å². The number of amides is 1. The van der Waals surface area contributed by atoms with Crippen LogP contribution in [-0.2, 0) is 13.0 Å². The highest BCUT2D eigenvalue weighted by Gasteiger charge is 2.37. The maximum Gasteiger partial charge on any atom is 0.287 e. The number of fused-ring (bicyclic) bond motifs is 2. The Kier molecular flexibility index (Phi) is 4.68. The number of ketones is 1. The van der Waals surface area contributed by atoms with Crippen molar-refractivity contribution in [3.63, 3.8) is 0 Å². The van der Waals surface area contributed by atoms with Crippen molar-refractivity contribution < 1.29 is 14.0 Å². The molecule has 0 fully saturated rings. The molecule has 2 heterocycles. The summed E-state index contributed by atoms with van der Waals surface area (Å²) in [6, 6.07) is 5.76. The summed E-state index contributed by atoms with van der Waals surface area (Å²) in [6.45, 7) is 9.81. The summed E-state index contributed by atoms with van der Waals surface area (Å²) in [6.07, 6.45) is 1.05. The Morgan fingerprint density at radius 3 is 2.60 bits per heavy atom. The lowest BCUT2D eigenvalue weighted by atomic mass is 9.76. The van der Waals surface area contributed by atoms with Gasteiger partial charge in [-0.1, -0.05) is 26.0 Å². The Hall–Kier alpha value is -3.15. The van der Waals surface area contributed by atoms with Crippen LogP contribution in [0.1, 0.15) is 69.2 Å². The van der Waals surface area contributed by atoms with Gasteiger partial charge in [-0.3, -0.25) is 14.4 Å². The van der Waals surface area contributed by atoms with Crippen LogP contribution in [-0.4, -0.2) is 16.7 Å². The largest absolute Gasteiger partial charge is 0.455 e. The molecule has 1 aromatic carbocycles. The van der Waals surface area contributed by atoms with Gasteiger partial charge in [0.1, 0.15) is 5.76 Å². The second kappa shape index (κ2) is 6.97. The van der Waals surface area contributed by atoms with Crippen molar-refractivity contribution in [2.24, 2.45) is 5.41 Å². The topological polar surface area (TPSA) is 92.2 Å². The van der Waals surface area contributed by atoms with Crippen LogP contribution in [0.4, 0.5) is 0 Å². The molecule has 3 aromatic rings. The van der Waals surface area contributed by atoms with E-state index in [0.717, 1.165) is 22.0 Å². The zero-order valence-corrected chi connectivity index (χ0v) is 18.0. The third kappa shape index (κ3) is 3.36. The van der Waals surface area contributed by atoms with Gasteiger partial charge in [0.25, 0.3) is 11.5 Å². The standard InChI is InChI=1S/C24H26N2O4/c1-12-6-7-15-8-16(22(28)26-20(15)13(12)2)11-25-23(29)21-14(3)19-17(27)9-24(4,5)10-18(19)30-21/h6-8H,9-11H2,1-5H3,(H,25,29)(H,26,28). The molecular formula is C24H26N2O4. The Balaban J connectivity index is 1.59. The van der Waals surface area contributed by atoms with Gasteiger partial charge in [0.2, 0.25) is 0 Å². The summed E-state index contributed by atoms with van der Waals surface area (Å²) in [5, 5.41) is 3.68. The number of Topliss-reactive ketones (excluding diaryl/α,β-unsaturated/α-hetero) is 1. The highest BCUT2D eigenvalue weighted by molar-refractivity contribution is 6.03. The third-order valence-corrected chi connectivity index (χ3v) is 6.05. The number of aryl methyl sites for hydroxylation is 2. The van der Waals surface area contributed by atoms with Crippen LogP contribution in [0.5, 0.6) is 0 Å². The van der Waals surface area contributed by atoms with E-state index < -0.39 is 5.91 Å². The number of benzene rings is 1. The van der Waals surface area contributed by atoms with Gasteiger partial charge in [-0.25, -0.2) is 0 Å². The molecule has 0 atom stereocenters. The van der Waals surface area contributed by atoms with Crippen LogP contribution in [0.25, 0.3) is 10.9 Å². The first-order chi connectivity index (χ1) is 14.1. The normalized spacial score (nSPS) is 15.3. The lowest BCUT2D eigenvalue weighted by Crippen LogP contribution is -2.27. The molecule has 4 rings (SSSR count). The van der Waals surface area contributed by atoms with Gasteiger partial charge in [-0.05, 0) is 48.8 Å². The van der Waals surface area contributed by atoms with Crippen molar-refractivity contribution >= 4 is 22.6 Å². The SMILES string of the molecule is Cc1ccc2cc(CNC(=O)c3oc4c(c3C)C(=O)CC(C)(C)C4)c(=O)[nH]c2c1C. The van der Waals surface area contributed by atoms with Crippen LogP contribution in [0.2, 0.25) is 0 Å². The molecule has 1 amide bonds. The lowest BCUT2D eigenvalue weighted by Gasteiger charge is -2.27. The molecule has 0 bridgehead atoms. The van der Waals surface area contributed by atoms with Crippen molar-refractivity contribution in [1.29, 1.82) is 0 Å². The minimum Gasteiger partial charge on any atom is -0.455 e. The summed E-state index contributed by atoms with van der Waals surface area (Å²) in [5.74, 6) is 0.313. The Labute approximate surface area is 174 Å². The molecule has 0 aliphatic heterocycles. The van der Waals surface area contributed by atoms with E-state index in [-0.39, 0.29) is 29.1 Å². The first-order valence-electron chi connectivity index (χ1n) is 10.1. The zero-order valence-electron chi connectivity index (χ0n) is 18.0. The maximum absolute atomic E-state index is 12.8. The van der Waals surface area contributed by atoms with Gasteiger partial charge in [-0.15, -0.1) is 0 Å². The number of nitrogens with one attached hydrogen (secondary N) is 2. The maximum atomic E-state index is 12.8. The second-order valence-electron chi connectivity index (χ2n) is 9.07. The summed E-state index contributed by atoms with van der Waals surface area (Å²) in [4.78, 5) is 40.7. The summed E-state index contributed by atoms with van der Waals surface area (Å²) in [5.41, 5.74) is 4.10. The highest BCUT2D eigenvalue weighted by atomic mass is 16.4. The van der Waals surface area contributed by atoms with Crippen LogP contribution in [0.15, 0.2) is 27.4 Å². The molecule has 6 heteroatoms. The molecule has 1 aliphatic carbocycles. The number of carbonyl (C=O) groups excluding carboxylic acids is 2. The number of furan rings is 1. The van der Waals surface area contributed by atoms with Gasteiger partial charge >= 0.3 is 0 Å². The molecule has 0 radical (unpaired) electrons. The van der Waals surface area contributed by atoms with E-state index in [1.807, 2.05) is 39.8 Å². The number of carbonyl (C=O) groups is 2. The number of H-pyrrole nitrogens is 1. The minimum atomic E-state index is -0.424. The lowest BCUT2D eigenvalue weighted by molar-refractivity contribution is 0.0888. The summed E-state index contributed by atoms with van der Waals surface area (Å²) >= 11 is 0. The summed E-state index contributed by atoms with van der Waals surface area (Å²) in [7, 11) is 0. The fraction of sp³-hybridized carbons (Fsp3) is 0.375. The van der Waals surface area contributed by atoms with E-state index in [4.69, 9.17) is 4.42 Å². The molecule has 2 N–H and O–H groups in total. The minimum absolute atomic E-state index is 0.0122. The fourth-order valence-corrected chi connectivity index (χ4v) is 4.26. The first kappa shape index (κ1) is 20.1. The van der Waals surface area contributed by atoms with Gasteiger partial charge < -0.3 is 14.7 Å². The van der Waals surface area contributed by atoms with Crippen molar-refractivity contribution in [3.8, 4) is 0 Å². The molecule has 2 aromatic heterocycles. The molecule has 0 saturated carbocycles. The highest BCUT2D eigenvalue weighted by Crippen LogP contribution is 2.38. The number of pyridine rings is 1. The number of aromatic nitrogens is 1. The first-order valence-corrected chi connectivity index (χ1v) is 10.1. The average Bonchev–Trinajstić information content (AvgIpc) is 2.98. The van der Waals surface area contributed by atoms with Gasteiger partial charge in [0, 0.05) is 30.5 Å². The second-order valence-corrected chi connectivity index (χ2v) is 9.07. The Morgan fingerprint density at radius 1 is 1.13 bits per heavy atom. The number of rotatable bonds is 3.